The van der Waals surface area contributed by atoms with Gasteiger partial charge in [-0.25, -0.2) is 9.59 Å². The molecule has 14 heteroatoms. The molecular weight excluding hydrogens is 1290 g/mol. The summed E-state index contributed by atoms with van der Waals surface area (Å²) in [4.78, 5) is 43.3. The van der Waals surface area contributed by atoms with Crippen molar-refractivity contribution in [3.63, 3.8) is 0 Å². The molecule has 0 saturated heterocycles. The van der Waals surface area contributed by atoms with Crippen LogP contribution in [0.5, 0.6) is 0 Å². The molecule has 0 spiro atoms. The highest BCUT2D eigenvalue weighted by atomic mass is 32.1. The average molecular weight is 1380 g/mol. The Labute approximate surface area is 580 Å². The van der Waals surface area contributed by atoms with Crippen molar-refractivity contribution in [1.29, 1.82) is 10.5 Å². The molecule has 0 amide bonds. The second-order valence-corrected chi connectivity index (χ2v) is 33.5. The third-order valence-corrected chi connectivity index (χ3v) is 28.2. The number of thiophene rings is 8. The summed E-state index contributed by atoms with van der Waals surface area (Å²) >= 11 is 14.8. The molecule has 486 valence electrons. The zero-order valence-electron chi connectivity index (χ0n) is 55.8. The van der Waals surface area contributed by atoms with Gasteiger partial charge in [-0.2, -0.15) is 10.5 Å². The van der Waals surface area contributed by atoms with Gasteiger partial charge >= 0.3 is 11.9 Å². The SMILES string of the molecule is CCCCCCCCOC(=O)/C(C#N)=C/c1ccc(-c2sc(-c3cc4c(-c5ccc(CC(CC)CCCC)s5)c5sc(-c6sc(-c7ccc(/C=C(\C#N)C(=O)OCCCCCCCC)s7)c(C)c6C)cc5c(-c5ccc(CC(CC)CCCC)s5)c4s3)c(C)c2C)s1. The van der Waals surface area contributed by atoms with Gasteiger partial charge in [0.2, 0.25) is 0 Å². The average Bonchev–Trinajstić information content (AvgIpc) is 1.55. The predicted molar refractivity (Wildman–Crippen MR) is 406 cm³/mol. The van der Waals surface area contributed by atoms with Crippen LogP contribution in [-0.2, 0) is 31.9 Å². The van der Waals surface area contributed by atoms with Crippen LogP contribution in [0.25, 0.3) is 92.2 Å². The van der Waals surface area contributed by atoms with Crippen LogP contribution in [0.3, 0.4) is 0 Å². The molecule has 0 N–H and O–H groups in total. The van der Waals surface area contributed by atoms with E-state index in [0.29, 0.717) is 25.0 Å². The van der Waals surface area contributed by atoms with E-state index in [1.165, 1.54) is 192 Å². The van der Waals surface area contributed by atoms with Gasteiger partial charge in [0, 0.05) is 99.6 Å². The number of nitriles is 2. The van der Waals surface area contributed by atoms with Crippen molar-refractivity contribution >= 4 is 135 Å². The number of benzene rings is 1. The number of nitrogens with zero attached hydrogens (tertiary/aromatic N) is 2. The molecule has 2 unspecified atom stereocenters. The van der Waals surface area contributed by atoms with Gasteiger partial charge in [0.05, 0.1) is 13.2 Å². The Hall–Kier alpha value is -5.26. The largest absolute Gasteiger partial charge is 0.462 e. The quantitative estimate of drug-likeness (QED) is 0.0168. The third-order valence-electron chi connectivity index (χ3n) is 18.1. The zero-order chi connectivity index (χ0) is 65.3. The minimum atomic E-state index is -0.552. The number of hydrogen-bond acceptors (Lipinski definition) is 14. The lowest BCUT2D eigenvalue weighted by molar-refractivity contribution is -0.139. The maximum atomic E-state index is 13.1. The standard InChI is InChI=1S/C78H92N2O4S8/c1-11-17-21-23-25-27-39-83-77(81)55(47-79)43-59-33-37-65(87-59)71-49(7)51(9)73(91-71)67-45-61-69(63-35-31-57(85-63)41-53(15-5)29-19-13-3)76-62(70(75(61)89-67)64-36-32-58(86-64)42-54(16-6)30-20-14-4)46-68(90-76)74-52(10)50(8)72(92-74)66-38-34-60(88-66)44-56(48-80)78(82)84-40-28-26-24-22-18-12-2/h31-38,43-46,53-54H,11-30,39-42H2,1-10H3/b55-43+,56-44+. The van der Waals surface area contributed by atoms with Gasteiger partial charge < -0.3 is 9.47 Å². The van der Waals surface area contributed by atoms with Crippen LogP contribution in [0, 0.1) is 62.2 Å². The van der Waals surface area contributed by atoms with E-state index < -0.39 is 11.9 Å². The van der Waals surface area contributed by atoms with E-state index in [1.807, 2.05) is 80.2 Å². The van der Waals surface area contributed by atoms with Gasteiger partial charge in [0.1, 0.15) is 23.3 Å². The van der Waals surface area contributed by atoms with E-state index in [4.69, 9.17) is 9.47 Å². The lowest BCUT2D eigenvalue weighted by atomic mass is 9.95. The maximum Gasteiger partial charge on any atom is 0.348 e. The second kappa shape index (κ2) is 34.9. The van der Waals surface area contributed by atoms with Crippen LogP contribution < -0.4 is 0 Å². The van der Waals surface area contributed by atoms with E-state index >= 15 is 0 Å². The Balaban J connectivity index is 1.14. The minimum Gasteiger partial charge on any atom is -0.462 e. The summed E-state index contributed by atoms with van der Waals surface area (Å²) in [7, 11) is 0. The van der Waals surface area contributed by atoms with E-state index in [1.54, 1.807) is 34.8 Å². The lowest BCUT2D eigenvalue weighted by Crippen LogP contribution is -2.07. The molecule has 0 fully saturated rings. The number of carbonyl (C=O) groups excluding carboxylic acids is 2. The maximum absolute atomic E-state index is 13.1. The molecule has 0 aliphatic heterocycles. The number of ether oxygens (including phenoxy) is 2. The van der Waals surface area contributed by atoms with Crippen molar-refractivity contribution in [2.24, 2.45) is 11.8 Å². The molecule has 92 heavy (non-hydrogen) atoms. The van der Waals surface area contributed by atoms with Crippen molar-refractivity contribution in [1.82, 2.24) is 0 Å². The molecule has 8 heterocycles. The smallest absolute Gasteiger partial charge is 0.348 e. The number of carbonyl (C=O) groups is 2. The molecule has 0 aliphatic carbocycles. The van der Waals surface area contributed by atoms with Gasteiger partial charge in [-0.1, -0.05) is 157 Å². The van der Waals surface area contributed by atoms with Gasteiger partial charge in [0.15, 0.2) is 0 Å². The van der Waals surface area contributed by atoms with E-state index in [9.17, 15) is 20.1 Å². The number of unbranched alkanes of at least 4 members (excludes halogenated alkanes) is 12. The van der Waals surface area contributed by atoms with E-state index in [2.05, 4.69) is 130 Å². The molecular formula is C78H92N2O4S8. The molecule has 0 aliphatic rings. The Bertz CT molecular complexity index is 3770. The molecule has 8 aromatic heterocycles. The molecule has 0 saturated carbocycles. The van der Waals surface area contributed by atoms with Crippen LogP contribution in [0.1, 0.15) is 212 Å². The Kier molecular flexibility index (Phi) is 27.0. The lowest BCUT2D eigenvalue weighted by Gasteiger charge is -2.13. The van der Waals surface area contributed by atoms with Crippen molar-refractivity contribution in [3.8, 4) is 72.0 Å². The normalized spacial score (nSPS) is 12.7. The van der Waals surface area contributed by atoms with Crippen LogP contribution in [0.15, 0.2) is 71.8 Å². The highest BCUT2D eigenvalue weighted by Gasteiger charge is 2.28. The Morgan fingerprint density at radius 2 is 0.783 bits per heavy atom. The summed E-state index contributed by atoms with van der Waals surface area (Å²) < 4.78 is 13.8. The van der Waals surface area contributed by atoms with Gasteiger partial charge in [-0.15, -0.1) is 90.7 Å². The summed E-state index contributed by atoms with van der Waals surface area (Å²) in [5.41, 5.74) is 7.78. The second-order valence-electron chi connectivity index (χ2n) is 24.8. The summed E-state index contributed by atoms with van der Waals surface area (Å²) in [5.74, 6) is 0.213. The summed E-state index contributed by atoms with van der Waals surface area (Å²) in [6.07, 6.45) is 28.6. The molecule has 0 radical (unpaired) electrons. The van der Waals surface area contributed by atoms with Gasteiger partial charge in [-0.05, 0) is 160 Å². The number of fused-ring (bicyclic) bond motifs is 2. The fraction of sp³-hybridized carbons (Fsp3) is 0.462. The number of hydrogen-bond donors (Lipinski definition) is 0. The van der Waals surface area contributed by atoms with E-state index in [0.717, 1.165) is 70.9 Å². The molecule has 9 rings (SSSR count). The molecule has 6 nitrogen and oxygen atoms in total. The van der Waals surface area contributed by atoms with Crippen molar-refractivity contribution < 1.29 is 19.1 Å². The first kappa shape index (κ1) is 71.0. The first-order valence-electron chi connectivity index (χ1n) is 34.0. The number of esters is 2. The zero-order valence-corrected chi connectivity index (χ0v) is 62.4. The van der Waals surface area contributed by atoms with Crippen molar-refractivity contribution in [2.45, 2.75) is 210 Å². The topological polar surface area (TPSA) is 100 Å². The van der Waals surface area contributed by atoms with Crippen LogP contribution in [0.2, 0.25) is 0 Å². The minimum absolute atomic E-state index is 0.0331. The first-order chi connectivity index (χ1) is 44.8. The summed E-state index contributed by atoms with van der Waals surface area (Å²) in [6.45, 7) is 23.4. The van der Waals surface area contributed by atoms with Crippen LogP contribution in [-0.4, -0.2) is 25.2 Å². The van der Waals surface area contributed by atoms with Crippen molar-refractivity contribution in [2.75, 3.05) is 13.2 Å². The fourth-order valence-electron chi connectivity index (χ4n) is 12.2. The molecule has 2 atom stereocenters. The van der Waals surface area contributed by atoms with E-state index in [-0.39, 0.29) is 11.1 Å². The predicted octanol–water partition coefficient (Wildman–Crippen LogP) is 26.9. The first-order valence-corrected chi connectivity index (χ1v) is 40.5. The highest BCUT2D eigenvalue weighted by molar-refractivity contribution is 7.31. The third kappa shape index (κ3) is 17.4. The van der Waals surface area contributed by atoms with Crippen LogP contribution in [0.4, 0.5) is 0 Å². The molecule has 1 aromatic carbocycles. The molecule has 0 bridgehead atoms. The van der Waals surface area contributed by atoms with Crippen LogP contribution >= 0.6 is 90.7 Å². The monoisotopic (exact) mass is 1380 g/mol. The number of rotatable bonds is 36. The van der Waals surface area contributed by atoms with Gasteiger partial charge in [0.25, 0.3) is 0 Å². The fourth-order valence-corrected chi connectivity index (χ4v) is 22.4. The Morgan fingerprint density at radius 3 is 1.15 bits per heavy atom. The molecule has 9 aromatic rings. The highest BCUT2D eigenvalue weighted by Crippen LogP contribution is 2.57. The van der Waals surface area contributed by atoms with Gasteiger partial charge in [-0.3, -0.25) is 0 Å². The van der Waals surface area contributed by atoms with Crippen molar-refractivity contribution in [3.05, 3.63) is 114 Å². The Morgan fingerprint density at radius 1 is 0.424 bits per heavy atom. The summed E-state index contributed by atoms with van der Waals surface area (Å²) in [6, 6.07) is 27.3. The summed E-state index contributed by atoms with van der Waals surface area (Å²) in [5, 5.41) is 22.8.